The molecule has 0 saturated heterocycles. The van der Waals surface area contributed by atoms with Crippen LogP contribution in [0.4, 0.5) is 5.69 Å². The van der Waals surface area contributed by atoms with Crippen molar-refractivity contribution in [3.05, 3.63) is 82.9 Å². The third-order valence-electron chi connectivity index (χ3n) is 3.97. The summed E-state index contributed by atoms with van der Waals surface area (Å²) in [7, 11) is 0. The van der Waals surface area contributed by atoms with Gasteiger partial charge in [-0.25, -0.2) is 0 Å². The molecule has 0 saturated carbocycles. The first-order chi connectivity index (χ1) is 10.3. The summed E-state index contributed by atoms with van der Waals surface area (Å²) in [6, 6.07) is 21.0. The molecule has 0 fully saturated rings. The van der Waals surface area contributed by atoms with Gasteiger partial charge >= 0.3 is 0 Å². The van der Waals surface area contributed by atoms with Gasteiger partial charge in [0, 0.05) is 0 Å². The highest BCUT2D eigenvalue weighted by molar-refractivity contribution is 6.33. The first-order valence-corrected chi connectivity index (χ1v) is 7.42. The van der Waals surface area contributed by atoms with Crippen LogP contribution in [0.5, 0.6) is 0 Å². The molecule has 3 aromatic carbocycles. The van der Waals surface area contributed by atoms with Crippen molar-refractivity contribution in [1.82, 2.24) is 0 Å². The topological polar surface area (TPSA) is 12.0 Å². The largest absolute Gasteiger partial charge is 0.373 e. The van der Waals surface area contributed by atoms with Gasteiger partial charge in [-0.05, 0) is 28.0 Å². The van der Waals surface area contributed by atoms with Gasteiger partial charge in [-0.1, -0.05) is 78.4 Å². The molecule has 102 valence electrons. The van der Waals surface area contributed by atoms with Gasteiger partial charge in [0.1, 0.15) is 0 Å². The third kappa shape index (κ3) is 2.10. The van der Waals surface area contributed by atoms with Gasteiger partial charge in [0.2, 0.25) is 0 Å². The molecule has 0 radical (unpaired) electrons. The number of hydrogen-bond donors (Lipinski definition) is 1. The average molecular weight is 292 g/mol. The predicted molar refractivity (Wildman–Crippen MR) is 90.8 cm³/mol. The summed E-state index contributed by atoms with van der Waals surface area (Å²) in [6.07, 6.45) is 4.34. The molecule has 21 heavy (non-hydrogen) atoms. The Morgan fingerprint density at radius 2 is 1.67 bits per heavy atom. The van der Waals surface area contributed by atoms with Gasteiger partial charge in [-0.2, -0.15) is 0 Å². The summed E-state index contributed by atoms with van der Waals surface area (Å²) < 4.78 is 0. The lowest BCUT2D eigenvalue weighted by atomic mass is 9.95. The summed E-state index contributed by atoms with van der Waals surface area (Å²) >= 11 is 6.32. The minimum absolute atomic E-state index is 0.142. The van der Waals surface area contributed by atoms with Crippen molar-refractivity contribution in [3.63, 3.8) is 0 Å². The first-order valence-electron chi connectivity index (χ1n) is 7.04. The number of para-hydroxylation sites is 1. The zero-order valence-electron chi connectivity index (χ0n) is 11.4. The van der Waals surface area contributed by atoms with Gasteiger partial charge in [-0.3, -0.25) is 0 Å². The fourth-order valence-electron chi connectivity index (χ4n) is 2.94. The predicted octanol–water partition coefficient (Wildman–Crippen LogP) is 5.67. The minimum atomic E-state index is 0.142. The highest BCUT2D eigenvalue weighted by Gasteiger charge is 2.17. The lowest BCUT2D eigenvalue weighted by Gasteiger charge is -2.24. The Hall–Kier alpha value is -2.25. The lowest BCUT2D eigenvalue weighted by Crippen LogP contribution is -2.12. The maximum atomic E-state index is 6.32. The minimum Gasteiger partial charge on any atom is -0.373 e. The van der Waals surface area contributed by atoms with Gasteiger partial charge in [-0.15, -0.1) is 0 Å². The maximum Gasteiger partial charge on any atom is 0.0707 e. The molecule has 0 aromatic heterocycles. The molecule has 1 atom stereocenters. The van der Waals surface area contributed by atoms with Crippen LogP contribution >= 0.6 is 11.6 Å². The maximum absolute atomic E-state index is 6.32. The number of fused-ring (bicyclic) bond motifs is 2. The molecule has 0 spiro atoms. The van der Waals surface area contributed by atoms with Crippen molar-refractivity contribution in [1.29, 1.82) is 0 Å². The molecule has 4 rings (SSSR count). The number of halogens is 1. The molecule has 1 aliphatic heterocycles. The van der Waals surface area contributed by atoms with Crippen molar-refractivity contribution in [3.8, 4) is 0 Å². The summed E-state index contributed by atoms with van der Waals surface area (Å²) in [5.74, 6) is 0. The molecule has 1 unspecified atom stereocenters. The van der Waals surface area contributed by atoms with E-state index in [1.54, 1.807) is 0 Å². The number of benzene rings is 3. The molecule has 1 N–H and O–H groups in total. The fraction of sp³-hybridized carbons (Fsp3) is 0.0526. The van der Waals surface area contributed by atoms with Crippen LogP contribution in [0.2, 0.25) is 5.02 Å². The fourth-order valence-corrected chi connectivity index (χ4v) is 3.17. The van der Waals surface area contributed by atoms with Crippen LogP contribution in [0.15, 0.2) is 66.7 Å². The van der Waals surface area contributed by atoms with E-state index in [0.717, 1.165) is 16.3 Å². The lowest BCUT2D eigenvalue weighted by molar-refractivity contribution is 0.991. The van der Waals surface area contributed by atoms with E-state index in [4.69, 9.17) is 11.6 Å². The van der Waals surface area contributed by atoms with Crippen LogP contribution in [0.25, 0.3) is 16.8 Å². The monoisotopic (exact) mass is 291 g/mol. The van der Waals surface area contributed by atoms with Crippen LogP contribution in [-0.2, 0) is 0 Å². The Morgan fingerprint density at radius 3 is 2.62 bits per heavy atom. The number of hydrogen-bond acceptors (Lipinski definition) is 1. The Labute approximate surface area is 128 Å². The average Bonchev–Trinajstić information content (AvgIpc) is 2.54. The molecular weight excluding hydrogens is 278 g/mol. The van der Waals surface area contributed by atoms with Crippen molar-refractivity contribution in [2.24, 2.45) is 0 Å². The normalized spacial score (nSPS) is 16.5. The molecule has 0 aliphatic carbocycles. The van der Waals surface area contributed by atoms with E-state index in [2.05, 4.69) is 66.0 Å². The van der Waals surface area contributed by atoms with Crippen LogP contribution in [0, 0.1) is 0 Å². The summed E-state index contributed by atoms with van der Waals surface area (Å²) in [5.41, 5.74) is 3.42. The SMILES string of the molecule is Clc1cccc2c1NC(c1cccc3ccccc13)C=C2. The van der Waals surface area contributed by atoms with Crippen LogP contribution in [0.1, 0.15) is 17.2 Å². The number of nitrogens with one attached hydrogen (secondary N) is 1. The molecule has 1 nitrogen and oxygen atoms in total. The number of rotatable bonds is 1. The zero-order valence-corrected chi connectivity index (χ0v) is 12.1. The van der Waals surface area contributed by atoms with Crippen LogP contribution in [0.3, 0.4) is 0 Å². The Balaban J connectivity index is 1.83. The highest BCUT2D eigenvalue weighted by atomic mass is 35.5. The van der Waals surface area contributed by atoms with E-state index >= 15 is 0 Å². The van der Waals surface area contributed by atoms with Gasteiger partial charge in [0.05, 0.1) is 16.8 Å². The van der Waals surface area contributed by atoms with Gasteiger partial charge in [0.25, 0.3) is 0 Å². The Bertz CT molecular complexity index is 846. The molecule has 1 aliphatic rings. The van der Waals surface area contributed by atoms with E-state index in [-0.39, 0.29) is 6.04 Å². The summed E-state index contributed by atoms with van der Waals surface area (Å²) in [4.78, 5) is 0. The standard InChI is InChI=1S/C19H14ClN/c20-17-10-4-7-14-11-12-18(21-19(14)17)16-9-3-6-13-5-1-2-8-15(13)16/h1-12,18,21H. The first kappa shape index (κ1) is 12.5. The van der Waals surface area contributed by atoms with Crippen LogP contribution in [-0.4, -0.2) is 0 Å². The second-order valence-electron chi connectivity index (χ2n) is 5.25. The summed E-state index contributed by atoms with van der Waals surface area (Å²) in [5, 5.41) is 6.86. The Kier molecular flexibility index (Phi) is 2.94. The molecule has 2 heteroatoms. The van der Waals surface area contributed by atoms with E-state index in [1.807, 2.05) is 12.1 Å². The third-order valence-corrected chi connectivity index (χ3v) is 4.29. The smallest absolute Gasteiger partial charge is 0.0707 e. The van der Waals surface area contributed by atoms with Crippen molar-refractivity contribution >= 4 is 34.1 Å². The van der Waals surface area contributed by atoms with E-state index < -0.39 is 0 Å². The second-order valence-corrected chi connectivity index (χ2v) is 5.66. The summed E-state index contributed by atoms with van der Waals surface area (Å²) in [6.45, 7) is 0. The second kappa shape index (κ2) is 4.94. The molecule has 0 bridgehead atoms. The molecule has 1 heterocycles. The van der Waals surface area contributed by atoms with E-state index in [9.17, 15) is 0 Å². The van der Waals surface area contributed by atoms with E-state index in [1.165, 1.54) is 16.3 Å². The van der Waals surface area contributed by atoms with Crippen LogP contribution < -0.4 is 5.32 Å². The van der Waals surface area contributed by atoms with Gasteiger partial charge < -0.3 is 5.32 Å². The van der Waals surface area contributed by atoms with Gasteiger partial charge in [0.15, 0.2) is 0 Å². The molecular formula is C19H14ClN. The molecule has 0 amide bonds. The van der Waals surface area contributed by atoms with E-state index in [0.29, 0.717) is 0 Å². The highest BCUT2D eigenvalue weighted by Crippen LogP contribution is 2.37. The number of anilines is 1. The van der Waals surface area contributed by atoms with Crippen molar-refractivity contribution < 1.29 is 0 Å². The molecule has 3 aromatic rings. The zero-order chi connectivity index (χ0) is 14.2. The Morgan fingerprint density at radius 1 is 0.857 bits per heavy atom. The quantitative estimate of drug-likeness (QED) is 0.609. The van der Waals surface area contributed by atoms with Crippen molar-refractivity contribution in [2.75, 3.05) is 5.32 Å². The van der Waals surface area contributed by atoms with Crippen molar-refractivity contribution in [2.45, 2.75) is 6.04 Å².